The molecule has 27 heavy (non-hydrogen) atoms. The molecule has 2 aromatic heterocycles. The molecular formula is C22H23ClN4. The first-order valence-corrected chi connectivity index (χ1v) is 9.63. The number of aromatic nitrogens is 3. The van der Waals surface area contributed by atoms with Gasteiger partial charge in [0.2, 0.25) is 0 Å². The lowest BCUT2D eigenvalue weighted by Gasteiger charge is -2.15. The first kappa shape index (κ1) is 18.0. The van der Waals surface area contributed by atoms with Crippen LogP contribution in [0.2, 0.25) is 5.02 Å². The van der Waals surface area contributed by atoms with Gasteiger partial charge >= 0.3 is 0 Å². The van der Waals surface area contributed by atoms with Gasteiger partial charge in [-0.3, -0.25) is 0 Å². The quantitative estimate of drug-likeness (QED) is 0.652. The molecule has 0 unspecified atom stereocenters. The van der Waals surface area contributed by atoms with Gasteiger partial charge in [-0.05, 0) is 50.1 Å². The Labute approximate surface area is 164 Å². The maximum Gasteiger partial charge on any atom is 0.153 e. The van der Waals surface area contributed by atoms with Crippen LogP contribution in [0, 0.1) is 13.8 Å². The smallest absolute Gasteiger partial charge is 0.153 e. The summed E-state index contributed by atoms with van der Waals surface area (Å²) in [6.07, 6.45) is 7.41. The standard InChI is InChI=1S/C22H23ClN4/c1-15-22(16(2)27(26-15)21-8-3-4-11-24-21)18-9-10-20(13-18)25-14-17-6-5-7-19(23)12-17/h3-12,18,20,25H,13-14H2,1-2H3/t18-,20+/m0/s1. The van der Waals surface area contributed by atoms with Crippen LogP contribution >= 0.6 is 11.6 Å². The van der Waals surface area contributed by atoms with E-state index in [1.807, 2.05) is 41.1 Å². The number of pyridine rings is 1. The molecule has 1 aromatic carbocycles. The van der Waals surface area contributed by atoms with Crippen LogP contribution in [0.4, 0.5) is 0 Å². The second kappa shape index (κ2) is 7.67. The van der Waals surface area contributed by atoms with E-state index in [1.165, 1.54) is 11.1 Å². The fourth-order valence-corrected chi connectivity index (χ4v) is 4.07. The average molecular weight is 379 g/mol. The topological polar surface area (TPSA) is 42.7 Å². The van der Waals surface area contributed by atoms with E-state index >= 15 is 0 Å². The molecule has 0 fully saturated rings. The highest BCUT2D eigenvalue weighted by Crippen LogP contribution is 2.33. The van der Waals surface area contributed by atoms with Gasteiger partial charge in [0.25, 0.3) is 0 Å². The van der Waals surface area contributed by atoms with Gasteiger partial charge in [0.15, 0.2) is 5.82 Å². The Hall–Kier alpha value is -2.43. The summed E-state index contributed by atoms with van der Waals surface area (Å²) in [6, 6.07) is 14.3. The SMILES string of the molecule is Cc1nn(-c2ccccn2)c(C)c1[C@H]1C=C[C@@H](NCc2cccc(Cl)c2)C1. The van der Waals surface area contributed by atoms with Crippen LogP contribution in [-0.4, -0.2) is 20.8 Å². The van der Waals surface area contributed by atoms with Crippen molar-refractivity contribution in [2.75, 3.05) is 0 Å². The van der Waals surface area contributed by atoms with Crippen molar-refractivity contribution in [3.63, 3.8) is 0 Å². The van der Waals surface area contributed by atoms with Gasteiger partial charge in [0.1, 0.15) is 0 Å². The van der Waals surface area contributed by atoms with Crippen LogP contribution in [0.5, 0.6) is 0 Å². The largest absolute Gasteiger partial charge is 0.306 e. The summed E-state index contributed by atoms with van der Waals surface area (Å²) in [5.41, 5.74) is 4.75. The van der Waals surface area contributed by atoms with Crippen LogP contribution in [-0.2, 0) is 6.54 Å². The summed E-state index contributed by atoms with van der Waals surface area (Å²) >= 11 is 6.08. The number of nitrogens with one attached hydrogen (secondary N) is 1. The molecule has 4 rings (SSSR count). The molecule has 0 radical (unpaired) electrons. The normalized spacial score (nSPS) is 18.9. The summed E-state index contributed by atoms with van der Waals surface area (Å²) in [5.74, 6) is 1.24. The zero-order valence-electron chi connectivity index (χ0n) is 15.6. The molecule has 5 heteroatoms. The third kappa shape index (κ3) is 3.82. The predicted molar refractivity (Wildman–Crippen MR) is 109 cm³/mol. The molecule has 0 aliphatic heterocycles. The van der Waals surface area contributed by atoms with Gasteiger partial charge in [-0.2, -0.15) is 5.10 Å². The van der Waals surface area contributed by atoms with Crippen molar-refractivity contribution in [3.05, 3.63) is 88.4 Å². The summed E-state index contributed by atoms with van der Waals surface area (Å²) in [7, 11) is 0. The highest BCUT2D eigenvalue weighted by atomic mass is 35.5. The first-order chi connectivity index (χ1) is 13.1. The molecule has 1 aliphatic rings. The lowest BCUT2D eigenvalue weighted by molar-refractivity contribution is 0.559. The summed E-state index contributed by atoms with van der Waals surface area (Å²) in [6.45, 7) is 5.03. The minimum atomic E-state index is 0.353. The molecule has 0 saturated heterocycles. The average Bonchev–Trinajstić information content (AvgIpc) is 3.25. The second-order valence-corrected chi connectivity index (χ2v) is 7.47. The number of hydrogen-bond acceptors (Lipinski definition) is 3. The predicted octanol–water partition coefficient (Wildman–Crippen LogP) is 4.74. The van der Waals surface area contributed by atoms with Crippen LogP contribution in [0.15, 0.2) is 60.8 Å². The minimum Gasteiger partial charge on any atom is -0.306 e. The van der Waals surface area contributed by atoms with Crippen molar-refractivity contribution in [2.45, 2.75) is 38.8 Å². The van der Waals surface area contributed by atoms with Gasteiger partial charge in [-0.15, -0.1) is 0 Å². The fraction of sp³-hybridized carbons (Fsp3) is 0.273. The van der Waals surface area contributed by atoms with Crippen LogP contribution in [0.3, 0.4) is 0 Å². The number of aryl methyl sites for hydroxylation is 1. The van der Waals surface area contributed by atoms with E-state index in [-0.39, 0.29) is 0 Å². The third-order valence-electron chi connectivity index (χ3n) is 5.13. The fourth-order valence-electron chi connectivity index (χ4n) is 3.85. The Bertz CT molecular complexity index is 962. The van der Waals surface area contributed by atoms with Crippen LogP contribution < -0.4 is 5.32 Å². The molecule has 1 aliphatic carbocycles. The lowest BCUT2D eigenvalue weighted by Crippen LogP contribution is -2.25. The highest BCUT2D eigenvalue weighted by Gasteiger charge is 2.26. The Balaban J connectivity index is 1.46. The van der Waals surface area contributed by atoms with Gasteiger partial charge in [0, 0.05) is 41.0 Å². The lowest BCUT2D eigenvalue weighted by atomic mass is 9.96. The zero-order valence-corrected chi connectivity index (χ0v) is 16.3. The van der Waals surface area contributed by atoms with Gasteiger partial charge in [0.05, 0.1) is 5.69 Å². The maximum atomic E-state index is 6.08. The van der Waals surface area contributed by atoms with E-state index in [0.29, 0.717) is 12.0 Å². The van der Waals surface area contributed by atoms with Crippen molar-refractivity contribution in [3.8, 4) is 5.82 Å². The molecule has 4 nitrogen and oxygen atoms in total. The number of halogens is 1. The van der Waals surface area contributed by atoms with Crippen LogP contribution in [0.1, 0.15) is 34.9 Å². The summed E-state index contributed by atoms with van der Waals surface area (Å²) in [5, 5.41) is 9.14. The van der Waals surface area contributed by atoms with Crippen molar-refractivity contribution >= 4 is 11.6 Å². The van der Waals surface area contributed by atoms with Crippen molar-refractivity contribution in [1.29, 1.82) is 0 Å². The number of nitrogens with zero attached hydrogens (tertiary/aromatic N) is 3. The van der Waals surface area contributed by atoms with Crippen molar-refractivity contribution < 1.29 is 0 Å². The minimum absolute atomic E-state index is 0.353. The van der Waals surface area contributed by atoms with E-state index < -0.39 is 0 Å². The number of rotatable bonds is 5. The molecule has 3 aromatic rings. The Morgan fingerprint density at radius 1 is 1.15 bits per heavy atom. The molecule has 0 bridgehead atoms. The molecule has 138 valence electrons. The molecule has 1 N–H and O–H groups in total. The maximum absolute atomic E-state index is 6.08. The number of hydrogen-bond donors (Lipinski definition) is 1. The van der Waals surface area contributed by atoms with E-state index in [9.17, 15) is 0 Å². The van der Waals surface area contributed by atoms with Gasteiger partial charge < -0.3 is 5.32 Å². The van der Waals surface area contributed by atoms with Gasteiger partial charge in [-0.25, -0.2) is 9.67 Å². The van der Waals surface area contributed by atoms with Crippen LogP contribution in [0.25, 0.3) is 5.82 Å². The Morgan fingerprint density at radius 3 is 2.81 bits per heavy atom. The van der Waals surface area contributed by atoms with E-state index in [2.05, 4.69) is 42.4 Å². The zero-order chi connectivity index (χ0) is 18.8. The molecule has 0 spiro atoms. The summed E-state index contributed by atoms with van der Waals surface area (Å²) < 4.78 is 1.95. The molecule has 0 saturated carbocycles. The molecular weight excluding hydrogens is 356 g/mol. The van der Waals surface area contributed by atoms with E-state index in [0.717, 1.165) is 35.2 Å². The van der Waals surface area contributed by atoms with Gasteiger partial charge in [-0.1, -0.05) is 42.0 Å². The third-order valence-corrected chi connectivity index (χ3v) is 5.36. The molecule has 0 amide bonds. The van der Waals surface area contributed by atoms with Crippen molar-refractivity contribution in [2.24, 2.45) is 0 Å². The Morgan fingerprint density at radius 2 is 2.04 bits per heavy atom. The van der Waals surface area contributed by atoms with E-state index in [4.69, 9.17) is 16.7 Å². The number of allylic oxidation sites excluding steroid dienone is 1. The Kier molecular flexibility index (Phi) is 5.10. The molecule has 2 heterocycles. The first-order valence-electron chi connectivity index (χ1n) is 9.25. The van der Waals surface area contributed by atoms with E-state index in [1.54, 1.807) is 6.20 Å². The summed E-state index contributed by atoms with van der Waals surface area (Å²) in [4.78, 5) is 4.44. The number of benzene rings is 1. The highest BCUT2D eigenvalue weighted by molar-refractivity contribution is 6.30. The monoisotopic (exact) mass is 378 g/mol. The van der Waals surface area contributed by atoms with Crippen molar-refractivity contribution in [1.82, 2.24) is 20.1 Å². The molecule has 2 atom stereocenters. The second-order valence-electron chi connectivity index (χ2n) is 7.03.